The molecule has 9 heteroatoms. The van der Waals surface area contributed by atoms with Crippen LogP contribution in [0.1, 0.15) is 36.5 Å². The lowest BCUT2D eigenvalue weighted by molar-refractivity contribution is -0.140. The Hall–Kier alpha value is -3.70. The van der Waals surface area contributed by atoms with E-state index in [1.165, 1.54) is 17.0 Å². The summed E-state index contributed by atoms with van der Waals surface area (Å²) in [5.74, 6) is -0.746. The molecule has 4 aromatic carbocycles. The fourth-order valence-electron chi connectivity index (χ4n) is 4.81. The molecule has 0 spiro atoms. The van der Waals surface area contributed by atoms with Crippen molar-refractivity contribution in [3.05, 3.63) is 129 Å². The number of nitrogens with zero attached hydrogens (tertiary/aromatic N) is 2. The molecule has 7 nitrogen and oxygen atoms in total. The van der Waals surface area contributed by atoms with Crippen LogP contribution in [0.2, 0.25) is 0 Å². The first-order valence-electron chi connectivity index (χ1n) is 14.7. The molecule has 0 heterocycles. The number of anilines is 1. The van der Waals surface area contributed by atoms with Crippen molar-refractivity contribution in [1.29, 1.82) is 0 Å². The van der Waals surface area contributed by atoms with E-state index in [0.717, 1.165) is 37.4 Å². The molecule has 44 heavy (non-hydrogen) atoms. The molecule has 0 unspecified atom stereocenters. The number of sulfonamides is 1. The standard InChI is InChI=1S/C35H38IN3O4S/c1-3-4-23-37-35(41)33(24-28-11-7-5-8-12-28)38(25-29-17-15-27(2)16-18-29)34(40)26-39(31-21-19-30(36)20-22-31)44(42,43)32-13-9-6-10-14-32/h5-22,33H,3-4,23-26H2,1-2H3,(H,37,41)/t33-/m1/s1. The second-order valence-electron chi connectivity index (χ2n) is 10.7. The minimum atomic E-state index is -4.11. The predicted octanol–water partition coefficient (Wildman–Crippen LogP) is 6.35. The zero-order chi connectivity index (χ0) is 31.5. The maximum Gasteiger partial charge on any atom is 0.264 e. The Balaban J connectivity index is 1.77. The van der Waals surface area contributed by atoms with Gasteiger partial charge in [-0.3, -0.25) is 13.9 Å². The number of nitrogens with one attached hydrogen (secondary N) is 1. The molecule has 0 aromatic heterocycles. The van der Waals surface area contributed by atoms with Gasteiger partial charge in [0.2, 0.25) is 11.8 Å². The topological polar surface area (TPSA) is 86.8 Å². The van der Waals surface area contributed by atoms with Crippen LogP contribution in [-0.4, -0.2) is 44.3 Å². The Kier molecular flexibility index (Phi) is 12.0. The van der Waals surface area contributed by atoms with Crippen molar-refractivity contribution in [2.24, 2.45) is 0 Å². The van der Waals surface area contributed by atoms with Crippen LogP contribution in [0.4, 0.5) is 5.69 Å². The third kappa shape index (κ3) is 8.92. The highest BCUT2D eigenvalue weighted by atomic mass is 127. The number of benzene rings is 4. The molecule has 0 bridgehead atoms. The van der Waals surface area contributed by atoms with Gasteiger partial charge in [0.05, 0.1) is 10.6 Å². The maximum atomic E-state index is 14.4. The van der Waals surface area contributed by atoms with Gasteiger partial charge < -0.3 is 10.2 Å². The Morgan fingerprint density at radius 3 is 2.05 bits per heavy atom. The zero-order valence-corrected chi connectivity index (χ0v) is 28.0. The molecule has 0 saturated heterocycles. The number of carbonyl (C=O) groups excluding carboxylic acids is 2. The van der Waals surface area contributed by atoms with E-state index in [1.807, 2.05) is 68.4 Å². The molecule has 0 aliphatic heterocycles. The van der Waals surface area contributed by atoms with Gasteiger partial charge in [-0.25, -0.2) is 8.42 Å². The van der Waals surface area contributed by atoms with Crippen molar-refractivity contribution in [1.82, 2.24) is 10.2 Å². The monoisotopic (exact) mass is 723 g/mol. The van der Waals surface area contributed by atoms with Crippen LogP contribution < -0.4 is 9.62 Å². The molecule has 4 rings (SSSR count). The Morgan fingerprint density at radius 2 is 1.43 bits per heavy atom. The first kappa shape index (κ1) is 33.2. The van der Waals surface area contributed by atoms with Gasteiger partial charge in [-0.15, -0.1) is 0 Å². The Bertz CT molecular complexity index is 1610. The first-order valence-corrected chi connectivity index (χ1v) is 17.2. The number of unbranched alkanes of at least 4 members (excludes halogenated alkanes) is 1. The molecule has 1 N–H and O–H groups in total. The third-order valence-corrected chi connectivity index (χ3v) is 9.81. The predicted molar refractivity (Wildman–Crippen MR) is 184 cm³/mol. The van der Waals surface area contributed by atoms with E-state index < -0.39 is 28.5 Å². The maximum absolute atomic E-state index is 14.4. The number of rotatable bonds is 14. The lowest BCUT2D eigenvalue weighted by Crippen LogP contribution is -2.53. The minimum Gasteiger partial charge on any atom is -0.354 e. The van der Waals surface area contributed by atoms with Gasteiger partial charge >= 0.3 is 0 Å². The smallest absolute Gasteiger partial charge is 0.264 e. The van der Waals surface area contributed by atoms with Gasteiger partial charge in [0.1, 0.15) is 12.6 Å². The van der Waals surface area contributed by atoms with Crippen LogP contribution in [0.15, 0.2) is 114 Å². The summed E-state index contributed by atoms with van der Waals surface area (Å²) in [7, 11) is -4.11. The SMILES string of the molecule is CCCCNC(=O)[C@@H](Cc1ccccc1)N(Cc1ccc(C)cc1)C(=O)CN(c1ccc(I)cc1)S(=O)(=O)c1ccccc1. The van der Waals surface area contributed by atoms with Gasteiger partial charge in [-0.2, -0.15) is 0 Å². The summed E-state index contributed by atoms with van der Waals surface area (Å²) in [6.07, 6.45) is 2.01. The van der Waals surface area contributed by atoms with E-state index in [9.17, 15) is 18.0 Å². The second-order valence-corrected chi connectivity index (χ2v) is 13.8. The highest BCUT2D eigenvalue weighted by molar-refractivity contribution is 14.1. The third-order valence-electron chi connectivity index (χ3n) is 7.30. The fourth-order valence-corrected chi connectivity index (χ4v) is 6.60. The molecule has 0 aliphatic carbocycles. The number of hydrogen-bond acceptors (Lipinski definition) is 4. The largest absolute Gasteiger partial charge is 0.354 e. The van der Waals surface area contributed by atoms with Gasteiger partial charge in [0.15, 0.2) is 0 Å². The molecule has 0 aliphatic rings. The summed E-state index contributed by atoms with van der Waals surface area (Å²) < 4.78 is 30.1. The molecule has 1 atom stereocenters. The number of halogens is 1. The number of hydrogen-bond donors (Lipinski definition) is 1. The van der Waals surface area contributed by atoms with Gasteiger partial charge in [0.25, 0.3) is 10.0 Å². The van der Waals surface area contributed by atoms with Crippen molar-refractivity contribution >= 4 is 50.1 Å². The van der Waals surface area contributed by atoms with E-state index in [1.54, 1.807) is 42.5 Å². The summed E-state index contributed by atoms with van der Waals surface area (Å²) >= 11 is 2.16. The van der Waals surface area contributed by atoms with E-state index >= 15 is 0 Å². The van der Waals surface area contributed by atoms with Crippen molar-refractivity contribution in [3.63, 3.8) is 0 Å². The number of aryl methyl sites for hydroxylation is 1. The van der Waals surface area contributed by atoms with Crippen LogP contribution in [0.3, 0.4) is 0 Å². The lowest BCUT2D eigenvalue weighted by Gasteiger charge is -2.34. The molecular formula is C35H38IN3O4S. The molecule has 0 saturated carbocycles. The number of carbonyl (C=O) groups is 2. The first-order chi connectivity index (χ1) is 21.2. The fraction of sp³-hybridized carbons (Fsp3) is 0.257. The quantitative estimate of drug-likeness (QED) is 0.121. The van der Waals surface area contributed by atoms with Crippen LogP contribution in [0.5, 0.6) is 0 Å². The normalized spacial score (nSPS) is 11.9. The molecule has 4 aromatic rings. The summed E-state index contributed by atoms with van der Waals surface area (Å²) in [5, 5.41) is 3.02. The average Bonchev–Trinajstić information content (AvgIpc) is 3.03. The lowest BCUT2D eigenvalue weighted by atomic mass is 10.0. The van der Waals surface area contributed by atoms with E-state index in [2.05, 4.69) is 27.9 Å². The van der Waals surface area contributed by atoms with Crippen LogP contribution in [-0.2, 0) is 32.6 Å². The summed E-state index contributed by atoms with van der Waals surface area (Å²) in [6, 6.07) is 31.6. The van der Waals surface area contributed by atoms with Crippen LogP contribution in [0.25, 0.3) is 0 Å². The van der Waals surface area contributed by atoms with E-state index in [4.69, 9.17) is 0 Å². The van der Waals surface area contributed by atoms with E-state index in [0.29, 0.717) is 12.2 Å². The summed E-state index contributed by atoms with van der Waals surface area (Å²) in [5.41, 5.74) is 3.18. The number of amides is 2. The minimum absolute atomic E-state index is 0.0783. The highest BCUT2D eigenvalue weighted by Crippen LogP contribution is 2.26. The Labute approximate surface area is 274 Å². The van der Waals surface area contributed by atoms with Crippen molar-refractivity contribution in [2.45, 2.75) is 50.6 Å². The molecule has 2 amide bonds. The summed E-state index contributed by atoms with van der Waals surface area (Å²) in [6.45, 7) is 4.19. The molecule has 0 radical (unpaired) electrons. The molecular weight excluding hydrogens is 685 g/mol. The zero-order valence-electron chi connectivity index (χ0n) is 25.0. The van der Waals surface area contributed by atoms with Crippen molar-refractivity contribution in [2.75, 3.05) is 17.4 Å². The van der Waals surface area contributed by atoms with Crippen LogP contribution >= 0.6 is 22.6 Å². The van der Waals surface area contributed by atoms with Gasteiger partial charge in [-0.05, 0) is 83.5 Å². The van der Waals surface area contributed by atoms with Crippen molar-refractivity contribution < 1.29 is 18.0 Å². The van der Waals surface area contributed by atoms with Gasteiger partial charge in [-0.1, -0.05) is 91.7 Å². The molecule has 230 valence electrons. The summed E-state index contributed by atoms with van der Waals surface area (Å²) in [4.78, 5) is 29.8. The second kappa shape index (κ2) is 15.9. The van der Waals surface area contributed by atoms with Crippen molar-refractivity contribution in [3.8, 4) is 0 Å². The van der Waals surface area contributed by atoms with Crippen LogP contribution in [0, 0.1) is 10.5 Å². The molecule has 0 fully saturated rings. The Morgan fingerprint density at radius 1 is 0.818 bits per heavy atom. The average molecular weight is 724 g/mol. The highest BCUT2D eigenvalue weighted by Gasteiger charge is 2.34. The van der Waals surface area contributed by atoms with Gasteiger partial charge in [0, 0.05) is 23.1 Å². The van der Waals surface area contributed by atoms with E-state index in [-0.39, 0.29) is 23.8 Å².